The molecule has 2 aromatic carbocycles. The highest BCUT2D eigenvalue weighted by Crippen LogP contribution is 2.49. The number of benzene rings is 2. The molecule has 8 rings (SSSR count). The van der Waals surface area contributed by atoms with Crippen molar-refractivity contribution in [1.82, 2.24) is 0 Å². The second-order valence-electron chi connectivity index (χ2n) is 16.2. The Hall–Kier alpha value is -4.36. The second kappa shape index (κ2) is 17.2. The Bertz CT molecular complexity index is 1990. The van der Waals surface area contributed by atoms with Crippen LogP contribution in [0.5, 0.6) is 0 Å². The standard InChI is InChI=1S/C26H34.C19H20O.C7H8/c1-7-11-22-23-17-21(14-15-25(23)26(5,6)24(22)9-3)20-13-10-12-19(16-20)18(4)8-2;1-13-6-8-14(9-7-13)15-10-11-19-17(12-15)16-4-2-3-5-18(16)20-19;1-7-5-3-2-4-6-7/h7,10-12,14-18,20H,8-9,13H2,1-6H3;2,4,6,8-11,13,15H,3,5,7,12H2,1H3;2-6H,1H3/b11-7-;;/t18-,20?;;/m1../s1. The van der Waals surface area contributed by atoms with Crippen molar-refractivity contribution < 1.29 is 4.42 Å². The lowest BCUT2D eigenvalue weighted by molar-refractivity contribution is 0.494. The Morgan fingerprint density at radius 1 is 0.925 bits per heavy atom. The number of aryl methyl sites for hydroxylation is 2. The van der Waals surface area contributed by atoms with Gasteiger partial charge in [0.25, 0.3) is 0 Å². The van der Waals surface area contributed by atoms with Crippen molar-refractivity contribution in [3.63, 3.8) is 0 Å². The van der Waals surface area contributed by atoms with Crippen LogP contribution in [0.25, 0.3) is 17.7 Å². The SMILES string of the molecule is C/C=C\C1=C(CC)C(C)(C)c2ccc(C3C=C([C@H](C)CC)C=CC3)cc21.CC1C=CC(C2C=Cc3oc4c(c3C2)C=CCC4)=CC1.Cc1ccccc1. The molecule has 5 aliphatic rings. The first-order valence-electron chi connectivity index (χ1n) is 20.4. The topological polar surface area (TPSA) is 13.1 Å². The Balaban J connectivity index is 0.000000156. The summed E-state index contributed by atoms with van der Waals surface area (Å²) in [5.74, 6) is 4.63. The van der Waals surface area contributed by atoms with E-state index in [1.54, 1.807) is 5.57 Å². The van der Waals surface area contributed by atoms with Crippen LogP contribution in [0.4, 0.5) is 0 Å². The van der Waals surface area contributed by atoms with E-state index in [9.17, 15) is 0 Å². The van der Waals surface area contributed by atoms with Crippen LogP contribution >= 0.6 is 0 Å². The van der Waals surface area contributed by atoms with E-state index < -0.39 is 0 Å². The number of allylic oxidation sites excluding steroid dienone is 14. The minimum absolute atomic E-state index is 0.141. The lowest BCUT2D eigenvalue weighted by Gasteiger charge is -2.25. The van der Waals surface area contributed by atoms with Crippen LogP contribution in [0.3, 0.4) is 0 Å². The molecule has 0 N–H and O–H groups in total. The fraction of sp³-hybridized carbons (Fsp3) is 0.385. The molecule has 3 unspecified atom stereocenters. The van der Waals surface area contributed by atoms with Gasteiger partial charge < -0.3 is 4.42 Å². The van der Waals surface area contributed by atoms with Crippen molar-refractivity contribution in [3.8, 4) is 0 Å². The van der Waals surface area contributed by atoms with Gasteiger partial charge >= 0.3 is 0 Å². The second-order valence-corrected chi connectivity index (χ2v) is 16.2. The molecule has 0 spiro atoms. The van der Waals surface area contributed by atoms with Gasteiger partial charge in [0.15, 0.2) is 0 Å². The molecule has 0 aliphatic heterocycles. The molecule has 1 aromatic heterocycles. The molecule has 0 bridgehead atoms. The summed E-state index contributed by atoms with van der Waals surface area (Å²) in [5, 5.41) is 0. The van der Waals surface area contributed by atoms with Gasteiger partial charge in [0.2, 0.25) is 0 Å². The molecule has 3 aromatic rings. The van der Waals surface area contributed by atoms with E-state index in [4.69, 9.17) is 4.42 Å². The average Bonchev–Trinajstić information content (AvgIpc) is 3.66. The summed E-state index contributed by atoms with van der Waals surface area (Å²) >= 11 is 0. The van der Waals surface area contributed by atoms with Crippen molar-refractivity contribution in [2.75, 3.05) is 0 Å². The number of hydrogen-bond acceptors (Lipinski definition) is 1. The molecule has 0 saturated carbocycles. The van der Waals surface area contributed by atoms with E-state index in [0.29, 0.717) is 23.7 Å². The highest BCUT2D eigenvalue weighted by Gasteiger charge is 2.36. The maximum Gasteiger partial charge on any atom is 0.130 e. The maximum absolute atomic E-state index is 6.01. The summed E-state index contributed by atoms with van der Waals surface area (Å²) in [6, 6.07) is 17.5. The quantitative estimate of drug-likeness (QED) is 0.249. The smallest absolute Gasteiger partial charge is 0.130 e. The normalized spacial score (nSPS) is 22.5. The van der Waals surface area contributed by atoms with Gasteiger partial charge in [0.05, 0.1) is 0 Å². The highest BCUT2D eigenvalue weighted by atomic mass is 16.3. The summed E-state index contributed by atoms with van der Waals surface area (Å²) in [7, 11) is 0. The Labute approximate surface area is 321 Å². The van der Waals surface area contributed by atoms with Gasteiger partial charge in [-0.15, -0.1) is 0 Å². The third-order valence-corrected chi connectivity index (χ3v) is 12.1. The number of hydrogen-bond donors (Lipinski definition) is 0. The first kappa shape index (κ1) is 38.4. The summed E-state index contributed by atoms with van der Waals surface area (Å²) < 4.78 is 6.01. The highest BCUT2D eigenvalue weighted by molar-refractivity contribution is 5.86. The maximum atomic E-state index is 6.01. The lowest BCUT2D eigenvalue weighted by atomic mass is 9.79. The summed E-state index contributed by atoms with van der Waals surface area (Å²) in [6.45, 7) is 18.2. The predicted octanol–water partition coefficient (Wildman–Crippen LogP) is 14.7. The van der Waals surface area contributed by atoms with Crippen molar-refractivity contribution in [2.45, 2.75) is 112 Å². The van der Waals surface area contributed by atoms with Gasteiger partial charge in [0, 0.05) is 34.8 Å². The van der Waals surface area contributed by atoms with Crippen LogP contribution in [0.15, 0.2) is 130 Å². The molecule has 0 saturated heterocycles. The fourth-order valence-electron chi connectivity index (χ4n) is 8.68. The van der Waals surface area contributed by atoms with E-state index in [0.717, 1.165) is 37.9 Å². The zero-order valence-electron chi connectivity index (χ0n) is 33.7. The minimum Gasteiger partial charge on any atom is -0.461 e. The van der Waals surface area contributed by atoms with Gasteiger partial charge in [-0.2, -0.15) is 0 Å². The van der Waals surface area contributed by atoms with Crippen LogP contribution in [0.2, 0.25) is 0 Å². The van der Waals surface area contributed by atoms with Gasteiger partial charge in [-0.05, 0) is 104 Å². The zero-order chi connectivity index (χ0) is 37.5. The van der Waals surface area contributed by atoms with Crippen molar-refractivity contribution in [2.24, 2.45) is 17.8 Å². The van der Waals surface area contributed by atoms with Gasteiger partial charge in [-0.3, -0.25) is 0 Å². The Kier molecular flexibility index (Phi) is 12.4. The van der Waals surface area contributed by atoms with Gasteiger partial charge in [-0.1, -0.05) is 168 Å². The zero-order valence-corrected chi connectivity index (χ0v) is 33.7. The molecule has 1 heterocycles. The van der Waals surface area contributed by atoms with Crippen LogP contribution < -0.4 is 0 Å². The first-order chi connectivity index (χ1) is 25.6. The molecular weight excluding hydrogens is 641 g/mol. The fourth-order valence-corrected chi connectivity index (χ4v) is 8.68. The molecule has 53 heavy (non-hydrogen) atoms. The molecule has 5 aliphatic carbocycles. The number of furan rings is 1. The molecule has 0 amide bonds. The van der Waals surface area contributed by atoms with Crippen LogP contribution in [0.1, 0.15) is 131 Å². The van der Waals surface area contributed by atoms with Crippen molar-refractivity contribution in [1.29, 1.82) is 0 Å². The monoisotopic (exact) mass is 702 g/mol. The Morgan fingerprint density at radius 2 is 1.74 bits per heavy atom. The van der Waals surface area contributed by atoms with Gasteiger partial charge in [-0.25, -0.2) is 0 Å². The van der Waals surface area contributed by atoms with Crippen molar-refractivity contribution >= 4 is 17.7 Å². The number of fused-ring (bicyclic) bond motifs is 4. The molecule has 1 heteroatoms. The third-order valence-electron chi connectivity index (χ3n) is 12.1. The third kappa shape index (κ3) is 8.56. The summed E-state index contributed by atoms with van der Waals surface area (Å²) in [5.41, 5.74) is 14.6. The minimum atomic E-state index is 0.141. The van der Waals surface area contributed by atoms with E-state index in [-0.39, 0.29) is 5.41 Å². The van der Waals surface area contributed by atoms with E-state index in [2.05, 4.69) is 159 Å². The van der Waals surface area contributed by atoms with Crippen LogP contribution in [-0.4, -0.2) is 0 Å². The lowest BCUT2D eigenvalue weighted by Crippen LogP contribution is -2.17. The molecule has 4 atom stereocenters. The van der Waals surface area contributed by atoms with E-state index in [1.165, 1.54) is 68.7 Å². The first-order valence-corrected chi connectivity index (χ1v) is 20.4. The molecule has 276 valence electrons. The average molecular weight is 703 g/mol. The summed E-state index contributed by atoms with van der Waals surface area (Å²) in [6.07, 6.45) is 35.6. The van der Waals surface area contributed by atoms with E-state index >= 15 is 0 Å². The summed E-state index contributed by atoms with van der Waals surface area (Å²) in [4.78, 5) is 0. The Morgan fingerprint density at radius 3 is 2.42 bits per heavy atom. The predicted molar refractivity (Wildman–Crippen MR) is 230 cm³/mol. The molecule has 0 radical (unpaired) electrons. The van der Waals surface area contributed by atoms with Crippen LogP contribution in [0, 0.1) is 24.7 Å². The molecular formula is C52H62O. The van der Waals surface area contributed by atoms with Crippen LogP contribution in [-0.2, 0) is 18.3 Å². The number of rotatable bonds is 6. The molecule has 1 nitrogen and oxygen atoms in total. The van der Waals surface area contributed by atoms with Crippen molar-refractivity contribution in [3.05, 3.63) is 171 Å². The molecule has 0 fully saturated rings. The van der Waals surface area contributed by atoms with E-state index in [1.807, 2.05) is 18.2 Å². The largest absolute Gasteiger partial charge is 0.461 e. The van der Waals surface area contributed by atoms with Gasteiger partial charge in [0.1, 0.15) is 11.5 Å².